The third kappa shape index (κ3) is 2.79. The van der Waals surface area contributed by atoms with Crippen LogP contribution in [0.2, 0.25) is 0 Å². The molecule has 21 heavy (non-hydrogen) atoms. The molecule has 0 radical (unpaired) electrons. The van der Waals surface area contributed by atoms with Gasteiger partial charge in [-0.1, -0.05) is 53.8 Å². The van der Waals surface area contributed by atoms with Crippen LogP contribution < -0.4 is 5.73 Å². The fourth-order valence-electron chi connectivity index (χ4n) is 2.02. The maximum atomic E-state index is 9.79. The van der Waals surface area contributed by atoms with Crippen molar-refractivity contribution in [2.45, 2.75) is 13.0 Å². The second kappa shape index (κ2) is 5.63. The Morgan fingerprint density at radius 2 is 1.86 bits per heavy atom. The highest BCUT2D eigenvalue weighted by Gasteiger charge is 2.15. The zero-order valence-electron chi connectivity index (χ0n) is 11.5. The first-order valence-corrected chi connectivity index (χ1v) is 7.40. The normalized spacial score (nSPS) is 12.3. The minimum absolute atomic E-state index is 0.261. The Kier molecular flexibility index (Phi) is 3.68. The molecule has 0 saturated heterocycles. The molecule has 1 unspecified atom stereocenters. The van der Waals surface area contributed by atoms with E-state index in [4.69, 9.17) is 5.73 Å². The molecule has 4 nitrogen and oxygen atoms in total. The van der Waals surface area contributed by atoms with Gasteiger partial charge in [0, 0.05) is 5.56 Å². The lowest BCUT2D eigenvalue weighted by Gasteiger charge is -2.07. The van der Waals surface area contributed by atoms with Crippen LogP contribution in [0.25, 0.3) is 10.6 Å². The molecule has 0 bridgehead atoms. The summed E-state index contributed by atoms with van der Waals surface area (Å²) in [6.45, 7) is 1.86. The maximum Gasteiger partial charge on any atom is 0.148 e. The number of aryl methyl sites for hydroxylation is 1. The average molecular weight is 297 g/mol. The number of hydrogen-bond donors (Lipinski definition) is 2. The van der Waals surface area contributed by atoms with E-state index in [0.717, 1.165) is 26.7 Å². The quantitative estimate of drug-likeness (QED) is 0.778. The zero-order valence-corrected chi connectivity index (χ0v) is 12.3. The Labute approximate surface area is 126 Å². The van der Waals surface area contributed by atoms with Crippen LogP contribution in [0.4, 0.5) is 0 Å². The van der Waals surface area contributed by atoms with Crippen LogP contribution >= 0.6 is 11.3 Å². The van der Waals surface area contributed by atoms with Crippen LogP contribution in [0.1, 0.15) is 22.2 Å². The molecule has 1 atom stereocenters. The van der Waals surface area contributed by atoms with Crippen molar-refractivity contribution in [3.05, 3.63) is 64.7 Å². The van der Waals surface area contributed by atoms with Crippen LogP contribution in [0.5, 0.6) is 5.75 Å². The van der Waals surface area contributed by atoms with Gasteiger partial charge in [-0.25, -0.2) is 0 Å². The summed E-state index contributed by atoms with van der Waals surface area (Å²) in [4.78, 5) is 0. The second-order valence-electron chi connectivity index (χ2n) is 4.84. The molecule has 1 heterocycles. The minimum atomic E-state index is -0.281. The first-order chi connectivity index (χ1) is 10.1. The number of nitrogens with two attached hydrogens (primary N) is 1. The number of phenolic OH excluding ortho intramolecular Hbond substituents is 1. The third-order valence-electron chi connectivity index (χ3n) is 3.32. The van der Waals surface area contributed by atoms with Crippen molar-refractivity contribution in [3.63, 3.8) is 0 Å². The highest BCUT2D eigenvalue weighted by atomic mass is 32.1. The Morgan fingerprint density at radius 1 is 1.10 bits per heavy atom. The van der Waals surface area contributed by atoms with Crippen LogP contribution in [0.15, 0.2) is 48.5 Å². The molecule has 0 aliphatic heterocycles. The topological polar surface area (TPSA) is 72.0 Å². The van der Waals surface area contributed by atoms with Crippen molar-refractivity contribution < 1.29 is 5.11 Å². The van der Waals surface area contributed by atoms with Gasteiger partial charge in [0.05, 0.1) is 6.04 Å². The minimum Gasteiger partial charge on any atom is -0.508 e. The molecule has 3 rings (SSSR count). The van der Waals surface area contributed by atoms with E-state index in [0.29, 0.717) is 0 Å². The number of nitrogens with zero attached hydrogens (tertiary/aromatic N) is 2. The number of hydrogen-bond acceptors (Lipinski definition) is 5. The number of rotatable bonds is 3. The highest BCUT2D eigenvalue weighted by molar-refractivity contribution is 7.14. The van der Waals surface area contributed by atoms with Crippen LogP contribution in [0, 0.1) is 6.92 Å². The lowest BCUT2D eigenvalue weighted by atomic mass is 10.1. The van der Waals surface area contributed by atoms with Crippen LogP contribution in [0.3, 0.4) is 0 Å². The van der Waals surface area contributed by atoms with E-state index >= 15 is 0 Å². The van der Waals surface area contributed by atoms with Crippen molar-refractivity contribution in [2.24, 2.45) is 5.73 Å². The van der Waals surface area contributed by atoms with Crippen LogP contribution in [-0.2, 0) is 0 Å². The van der Waals surface area contributed by atoms with E-state index in [1.54, 1.807) is 6.07 Å². The van der Waals surface area contributed by atoms with Crippen molar-refractivity contribution >= 4 is 11.3 Å². The SMILES string of the molecule is Cc1ccc(-c2nnc(C(N)c3ccccc3)s2)cc1O. The van der Waals surface area contributed by atoms with Gasteiger partial charge in [0.1, 0.15) is 15.8 Å². The molecule has 0 spiro atoms. The number of aromatic nitrogens is 2. The van der Waals surface area contributed by atoms with E-state index in [1.165, 1.54) is 11.3 Å². The predicted molar refractivity (Wildman–Crippen MR) is 84.2 cm³/mol. The largest absolute Gasteiger partial charge is 0.508 e. The molecular weight excluding hydrogens is 282 g/mol. The lowest BCUT2D eigenvalue weighted by molar-refractivity contribution is 0.471. The van der Waals surface area contributed by atoms with Gasteiger partial charge in [-0.15, -0.1) is 10.2 Å². The van der Waals surface area contributed by atoms with E-state index in [-0.39, 0.29) is 11.8 Å². The van der Waals surface area contributed by atoms with Gasteiger partial charge in [0.15, 0.2) is 0 Å². The number of benzene rings is 2. The number of phenols is 1. The van der Waals surface area contributed by atoms with Crippen LogP contribution in [-0.4, -0.2) is 15.3 Å². The summed E-state index contributed by atoms with van der Waals surface area (Å²) in [6.07, 6.45) is 0. The molecule has 3 N–H and O–H groups in total. The Bertz CT molecular complexity index is 755. The number of aromatic hydroxyl groups is 1. The van der Waals surface area contributed by atoms with Gasteiger partial charge in [0.2, 0.25) is 0 Å². The standard InChI is InChI=1S/C16H15N3OS/c1-10-7-8-12(9-13(10)20)15-18-19-16(21-15)14(17)11-5-3-2-4-6-11/h2-9,14,20H,17H2,1H3. The smallest absolute Gasteiger partial charge is 0.148 e. The molecule has 2 aromatic carbocycles. The molecular formula is C16H15N3OS. The van der Waals surface area contributed by atoms with Crippen molar-refractivity contribution in [1.82, 2.24) is 10.2 Å². The summed E-state index contributed by atoms with van der Waals surface area (Å²) in [6, 6.07) is 15.0. The van der Waals surface area contributed by atoms with Gasteiger partial charge in [-0.05, 0) is 24.1 Å². The van der Waals surface area contributed by atoms with E-state index in [9.17, 15) is 5.11 Å². The monoisotopic (exact) mass is 297 g/mol. The zero-order chi connectivity index (χ0) is 14.8. The summed E-state index contributed by atoms with van der Waals surface area (Å²) in [5, 5.41) is 19.7. The summed E-state index contributed by atoms with van der Waals surface area (Å²) in [5.74, 6) is 0.261. The molecule has 5 heteroatoms. The molecule has 0 fully saturated rings. The molecule has 0 saturated carbocycles. The van der Waals surface area contributed by atoms with E-state index in [2.05, 4.69) is 10.2 Å². The van der Waals surface area contributed by atoms with Gasteiger partial charge >= 0.3 is 0 Å². The molecule has 0 amide bonds. The molecule has 0 aliphatic carbocycles. The van der Waals surface area contributed by atoms with Gasteiger partial charge in [-0.3, -0.25) is 0 Å². The molecule has 3 aromatic rings. The van der Waals surface area contributed by atoms with E-state index < -0.39 is 0 Å². The van der Waals surface area contributed by atoms with Gasteiger partial charge in [-0.2, -0.15) is 0 Å². The van der Waals surface area contributed by atoms with Crippen molar-refractivity contribution in [3.8, 4) is 16.3 Å². The first kappa shape index (κ1) is 13.7. The van der Waals surface area contributed by atoms with Gasteiger partial charge < -0.3 is 10.8 Å². The Balaban J connectivity index is 1.91. The highest BCUT2D eigenvalue weighted by Crippen LogP contribution is 2.31. The summed E-state index contributed by atoms with van der Waals surface area (Å²) in [7, 11) is 0. The summed E-state index contributed by atoms with van der Waals surface area (Å²) < 4.78 is 0. The average Bonchev–Trinajstić information content (AvgIpc) is 3.00. The first-order valence-electron chi connectivity index (χ1n) is 6.59. The fourth-order valence-corrected chi connectivity index (χ4v) is 2.89. The Morgan fingerprint density at radius 3 is 2.57 bits per heavy atom. The maximum absolute atomic E-state index is 9.79. The second-order valence-corrected chi connectivity index (χ2v) is 5.84. The fraction of sp³-hybridized carbons (Fsp3) is 0.125. The molecule has 106 valence electrons. The molecule has 1 aromatic heterocycles. The van der Waals surface area contributed by atoms with Crippen molar-refractivity contribution in [2.75, 3.05) is 0 Å². The molecule has 0 aliphatic rings. The Hall–Kier alpha value is -2.24. The van der Waals surface area contributed by atoms with Gasteiger partial charge in [0.25, 0.3) is 0 Å². The van der Waals surface area contributed by atoms with Crippen molar-refractivity contribution in [1.29, 1.82) is 0 Å². The lowest BCUT2D eigenvalue weighted by Crippen LogP contribution is -2.11. The summed E-state index contributed by atoms with van der Waals surface area (Å²) in [5.41, 5.74) is 8.91. The summed E-state index contributed by atoms with van der Waals surface area (Å²) >= 11 is 1.45. The van der Waals surface area contributed by atoms with E-state index in [1.807, 2.05) is 49.4 Å². The predicted octanol–water partition coefficient (Wildman–Crippen LogP) is 3.27. The third-order valence-corrected chi connectivity index (χ3v) is 4.38.